The van der Waals surface area contributed by atoms with Gasteiger partial charge in [-0.2, -0.15) is 5.10 Å². The van der Waals surface area contributed by atoms with Gasteiger partial charge < -0.3 is 9.64 Å². The van der Waals surface area contributed by atoms with Crippen LogP contribution in [0.3, 0.4) is 0 Å². The average Bonchev–Trinajstić information content (AvgIpc) is 3.22. The summed E-state index contributed by atoms with van der Waals surface area (Å²) in [6, 6.07) is 8.26. The van der Waals surface area contributed by atoms with Gasteiger partial charge in [-0.15, -0.1) is 0 Å². The summed E-state index contributed by atoms with van der Waals surface area (Å²) in [5.74, 6) is -0.320. The molecule has 0 radical (unpaired) electrons. The van der Waals surface area contributed by atoms with Gasteiger partial charge in [-0.3, -0.25) is 4.98 Å². The van der Waals surface area contributed by atoms with Gasteiger partial charge >= 0.3 is 5.97 Å². The van der Waals surface area contributed by atoms with Crippen LogP contribution in [0.4, 0.5) is 5.69 Å². The van der Waals surface area contributed by atoms with E-state index in [1.54, 1.807) is 18.9 Å². The molecule has 1 aliphatic heterocycles. The Morgan fingerprint density at radius 2 is 2.08 bits per heavy atom. The molecule has 1 aromatic carbocycles. The number of hydrogen-bond donors (Lipinski definition) is 0. The lowest BCUT2D eigenvalue weighted by Gasteiger charge is -2.35. The van der Waals surface area contributed by atoms with Gasteiger partial charge in [0.2, 0.25) is 0 Å². The highest BCUT2D eigenvalue weighted by molar-refractivity contribution is 6.05. The fourth-order valence-corrected chi connectivity index (χ4v) is 3.59. The Morgan fingerprint density at radius 3 is 2.81 bits per heavy atom. The molecule has 0 atom stereocenters. The van der Waals surface area contributed by atoms with Crippen LogP contribution in [0.1, 0.15) is 36.2 Å². The van der Waals surface area contributed by atoms with Crippen molar-refractivity contribution in [1.29, 1.82) is 0 Å². The number of nitrogens with zero attached hydrogens (tertiary/aromatic N) is 5. The molecular formula is C19H21N5O2. The lowest BCUT2D eigenvalue weighted by molar-refractivity contribution is 0.0526. The standard InChI is InChI=1S/C19H21N5O2/c1-2-26-19(25)16-11-21-17-6-4-3-5-15(17)18(16)23-9-7-14(8-10-23)24-13-20-12-22-24/h3-6,11-14H,2,7-10H2,1H3. The zero-order valence-corrected chi connectivity index (χ0v) is 14.7. The van der Waals surface area contributed by atoms with Crippen molar-refractivity contribution >= 4 is 22.6 Å². The summed E-state index contributed by atoms with van der Waals surface area (Å²) in [4.78, 5) is 23.2. The molecule has 0 unspecified atom stereocenters. The number of esters is 1. The number of piperidine rings is 1. The van der Waals surface area contributed by atoms with Crippen LogP contribution in [0.25, 0.3) is 10.9 Å². The van der Waals surface area contributed by atoms with Crippen molar-refractivity contribution in [2.45, 2.75) is 25.8 Å². The summed E-state index contributed by atoms with van der Waals surface area (Å²) in [6.07, 6.45) is 6.87. The molecule has 0 N–H and O–H groups in total. The first-order valence-corrected chi connectivity index (χ1v) is 8.92. The molecule has 1 fully saturated rings. The fourth-order valence-electron chi connectivity index (χ4n) is 3.59. The van der Waals surface area contributed by atoms with E-state index in [2.05, 4.69) is 20.0 Å². The average molecular weight is 351 g/mol. The van der Waals surface area contributed by atoms with Gasteiger partial charge in [-0.25, -0.2) is 14.5 Å². The summed E-state index contributed by atoms with van der Waals surface area (Å²) < 4.78 is 7.19. The third kappa shape index (κ3) is 3.00. The maximum absolute atomic E-state index is 12.5. The number of aromatic nitrogens is 4. The first-order valence-electron chi connectivity index (χ1n) is 8.92. The van der Waals surface area contributed by atoms with Gasteiger partial charge in [-0.1, -0.05) is 18.2 Å². The zero-order valence-electron chi connectivity index (χ0n) is 14.7. The van der Waals surface area contributed by atoms with E-state index in [0.29, 0.717) is 18.2 Å². The Balaban J connectivity index is 1.68. The summed E-state index contributed by atoms with van der Waals surface area (Å²) in [6.45, 7) is 3.84. The van der Waals surface area contributed by atoms with Gasteiger partial charge in [0.15, 0.2) is 0 Å². The number of para-hydroxylation sites is 1. The molecule has 134 valence electrons. The van der Waals surface area contributed by atoms with Crippen LogP contribution in [0.15, 0.2) is 43.1 Å². The smallest absolute Gasteiger partial charge is 0.341 e. The van der Waals surface area contributed by atoms with Gasteiger partial charge in [0.25, 0.3) is 0 Å². The van der Waals surface area contributed by atoms with E-state index in [0.717, 1.165) is 42.5 Å². The number of hydrogen-bond acceptors (Lipinski definition) is 6. The zero-order chi connectivity index (χ0) is 17.9. The van der Waals surface area contributed by atoms with Gasteiger partial charge in [0.05, 0.1) is 23.9 Å². The van der Waals surface area contributed by atoms with Gasteiger partial charge in [-0.05, 0) is 25.8 Å². The molecule has 0 amide bonds. The second kappa shape index (κ2) is 7.11. The highest BCUT2D eigenvalue weighted by Crippen LogP contribution is 2.34. The van der Waals surface area contributed by atoms with Crippen LogP contribution in [0, 0.1) is 0 Å². The fraction of sp³-hybridized carbons (Fsp3) is 0.368. The largest absolute Gasteiger partial charge is 0.462 e. The normalized spacial score (nSPS) is 15.3. The summed E-state index contributed by atoms with van der Waals surface area (Å²) in [5.41, 5.74) is 2.34. The summed E-state index contributed by atoms with van der Waals surface area (Å²) >= 11 is 0. The maximum Gasteiger partial charge on any atom is 0.341 e. The Bertz CT molecular complexity index is 901. The predicted octanol–water partition coefficient (Wildman–Crippen LogP) is 2.84. The molecule has 0 bridgehead atoms. The molecule has 26 heavy (non-hydrogen) atoms. The van der Waals surface area contributed by atoms with Crippen molar-refractivity contribution < 1.29 is 9.53 Å². The molecule has 0 saturated carbocycles. The SMILES string of the molecule is CCOC(=O)c1cnc2ccccc2c1N1CCC(n2cncn2)CC1. The first kappa shape index (κ1) is 16.5. The Hall–Kier alpha value is -2.96. The summed E-state index contributed by atoms with van der Waals surface area (Å²) in [7, 11) is 0. The number of rotatable bonds is 4. The van der Waals surface area contributed by atoms with E-state index < -0.39 is 0 Å². The molecular weight excluding hydrogens is 330 g/mol. The van der Waals surface area contributed by atoms with Crippen LogP contribution in [-0.2, 0) is 4.74 Å². The van der Waals surface area contributed by atoms with Crippen LogP contribution < -0.4 is 4.90 Å². The lowest BCUT2D eigenvalue weighted by atomic mass is 10.0. The molecule has 3 heterocycles. The minimum atomic E-state index is -0.320. The molecule has 0 spiro atoms. The number of ether oxygens (including phenoxy) is 1. The van der Waals surface area contributed by atoms with E-state index in [9.17, 15) is 4.79 Å². The van der Waals surface area contributed by atoms with E-state index in [-0.39, 0.29) is 5.97 Å². The van der Waals surface area contributed by atoms with Crippen molar-refractivity contribution in [2.24, 2.45) is 0 Å². The second-order valence-corrected chi connectivity index (χ2v) is 6.35. The number of anilines is 1. The van der Waals surface area contributed by atoms with Gasteiger partial charge in [0.1, 0.15) is 18.2 Å². The molecule has 4 rings (SSSR count). The summed E-state index contributed by atoms with van der Waals surface area (Å²) in [5, 5.41) is 5.24. The van der Waals surface area contributed by atoms with Crippen molar-refractivity contribution in [3.05, 3.63) is 48.7 Å². The third-order valence-corrected chi connectivity index (χ3v) is 4.83. The second-order valence-electron chi connectivity index (χ2n) is 6.35. The lowest BCUT2D eigenvalue weighted by Crippen LogP contribution is -2.36. The molecule has 7 nitrogen and oxygen atoms in total. The number of fused-ring (bicyclic) bond motifs is 1. The van der Waals surface area contributed by atoms with Crippen molar-refractivity contribution in [2.75, 3.05) is 24.6 Å². The van der Waals surface area contributed by atoms with Crippen molar-refractivity contribution in [3.8, 4) is 0 Å². The molecule has 7 heteroatoms. The van der Waals surface area contributed by atoms with Crippen molar-refractivity contribution in [3.63, 3.8) is 0 Å². The molecule has 2 aromatic heterocycles. The number of carbonyl (C=O) groups excluding carboxylic acids is 1. The monoisotopic (exact) mass is 351 g/mol. The number of carbonyl (C=O) groups is 1. The molecule has 3 aromatic rings. The van der Waals surface area contributed by atoms with E-state index in [4.69, 9.17) is 4.74 Å². The van der Waals surface area contributed by atoms with Gasteiger partial charge in [0, 0.05) is 24.7 Å². The van der Waals surface area contributed by atoms with E-state index in [1.165, 1.54) is 0 Å². The van der Waals surface area contributed by atoms with Crippen LogP contribution in [0.2, 0.25) is 0 Å². The highest BCUT2D eigenvalue weighted by Gasteiger charge is 2.26. The Labute approximate surface area is 151 Å². The van der Waals surface area contributed by atoms with Crippen LogP contribution in [-0.4, -0.2) is 45.4 Å². The number of pyridine rings is 1. The minimum absolute atomic E-state index is 0.320. The predicted molar refractivity (Wildman–Crippen MR) is 98.2 cm³/mol. The third-order valence-electron chi connectivity index (χ3n) is 4.83. The quantitative estimate of drug-likeness (QED) is 0.673. The maximum atomic E-state index is 12.5. The minimum Gasteiger partial charge on any atom is -0.462 e. The topological polar surface area (TPSA) is 73.1 Å². The van der Waals surface area contributed by atoms with E-state index >= 15 is 0 Å². The first-order chi connectivity index (χ1) is 12.8. The molecule has 1 saturated heterocycles. The van der Waals surface area contributed by atoms with Crippen LogP contribution in [0.5, 0.6) is 0 Å². The van der Waals surface area contributed by atoms with E-state index in [1.807, 2.05) is 35.9 Å². The van der Waals surface area contributed by atoms with Crippen molar-refractivity contribution in [1.82, 2.24) is 19.7 Å². The van der Waals surface area contributed by atoms with Crippen LogP contribution >= 0.6 is 0 Å². The highest BCUT2D eigenvalue weighted by atomic mass is 16.5. The number of benzene rings is 1. The Morgan fingerprint density at radius 1 is 1.27 bits per heavy atom. The Kier molecular flexibility index (Phi) is 4.51. The molecule has 1 aliphatic rings. The molecule has 0 aliphatic carbocycles.